The van der Waals surface area contributed by atoms with Gasteiger partial charge in [0, 0.05) is 11.8 Å². The smallest absolute Gasteiger partial charge is 0.343 e. The van der Waals surface area contributed by atoms with Gasteiger partial charge in [-0.05, 0) is 52.6 Å². The number of nitrogens with zero attached hydrogens (tertiary/aromatic N) is 1. The van der Waals surface area contributed by atoms with E-state index in [1.54, 1.807) is 42.5 Å². The molecule has 180 valence electrons. The van der Waals surface area contributed by atoms with Gasteiger partial charge in [-0.3, -0.25) is 9.59 Å². The summed E-state index contributed by atoms with van der Waals surface area (Å²) in [6.07, 6.45) is 0. The SMILES string of the molecule is O=C(Oc1ccccc1Cl)c1cccc(N2C(=O)C3C4c5ccccc5C(c5ccccc54)C3C2=O)c1. The Hall–Kier alpha value is -4.22. The van der Waals surface area contributed by atoms with Crippen LogP contribution in [0.2, 0.25) is 5.02 Å². The summed E-state index contributed by atoms with van der Waals surface area (Å²) in [6, 6.07) is 29.4. The second-order valence-corrected chi connectivity index (χ2v) is 10.1. The van der Waals surface area contributed by atoms with Crippen molar-refractivity contribution in [1.29, 1.82) is 0 Å². The van der Waals surface area contributed by atoms with Crippen LogP contribution in [0, 0.1) is 11.8 Å². The van der Waals surface area contributed by atoms with Crippen molar-refractivity contribution >= 4 is 35.1 Å². The molecule has 6 heteroatoms. The molecule has 1 aliphatic heterocycles. The Bertz CT molecular complexity index is 1510. The van der Waals surface area contributed by atoms with E-state index in [1.165, 1.54) is 11.0 Å². The van der Waals surface area contributed by atoms with E-state index >= 15 is 0 Å². The number of esters is 1. The van der Waals surface area contributed by atoms with Crippen molar-refractivity contribution in [3.63, 3.8) is 0 Å². The first-order valence-corrected chi connectivity index (χ1v) is 12.5. The van der Waals surface area contributed by atoms with E-state index in [0.29, 0.717) is 10.7 Å². The van der Waals surface area contributed by atoms with Gasteiger partial charge < -0.3 is 4.74 Å². The summed E-state index contributed by atoms with van der Waals surface area (Å²) in [4.78, 5) is 42.0. The highest BCUT2D eigenvalue weighted by atomic mass is 35.5. The lowest BCUT2D eigenvalue weighted by Crippen LogP contribution is -2.41. The summed E-state index contributed by atoms with van der Waals surface area (Å²) in [5.74, 6) is -2.18. The first kappa shape index (κ1) is 22.0. The molecule has 1 fully saturated rings. The van der Waals surface area contributed by atoms with Gasteiger partial charge in [-0.2, -0.15) is 0 Å². The van der Waals surface area contributed by atoms with Crippen molar-refractivity contribution in [1.82, 2.24) is 0 Å². The molecular weight excluding hydrogens is 486 g/mol. The van der Waals surface area contributed by atoms with Crippen LogP contribution in [0.3, 0.4) is 0 Å². The van der Waals surface area contributed by atoms with Crippen molar-refractivity contribution in [3.8, 4) is 5.75 Å². The van der Waals surface area contributed by atoms with E-state index in [0.717, 1.165) is 22.3 Å². The van der Waals surface area contributed by atoms with Crippen molar-refractivity contribution < 1.29 is 19.1 Å². The average molecular weight is 506 g/mol. The van der Waals surface area contributed by atoms with Gasteiger partial charge in [0.2, 0.25) is 11.8 Å². The molecule has 37 heavy (non-hydrogen) atoms. The number of carbonyl (C=O) groups is 3. The van der Waals surface area contributed by atoms with Crippen molar-refractivity contribution in [2.24, 2.45) is 11.8 Å². The number of anilines is 1. The maximum absolute atomic E-state index is 13.9. The minimum Gasteiger partial charge on any atom is -0.421 e. The molecule has 4 aliphatic rings. The summed E-state index contributed by atoms with van der Waals surface area (Å²) in [5.41, 5.74) is 5.06. The third kappa shape index (κ3) is 3.14. The second-order valence-electron chi connectivity index (χ2n) is 9.65. The Balaban J connectivity index is 1.27. The highest BCUT2D eigenvalue weighted by molar-refractivity contribution is 6.32. The Morgan fingerprint density at radius 3 is 1.73 bits per heavy atom. The van der Waals surface area contributed by atoms with Gasteiger partial charge in [0.15, 0.2) is 0 Å². The zero-order chi connectivity index (χ0) is 25.3. The molecule has 0 aromatic heterocycles. The van der Waals surface area contributed by atoms with Crippen LogP contribution in [0.4, 0.5) is 5.69 Å². The van der Waals surface area contributed by atoms with Crippen LogP contribution in [0.5, 0.6) is 5.75 Å². The highest BCUT2D eigenvalue weighted by Gasteiger charge is 2.61. The summed E-state index contributed by atoms with van der Waals surface area (Å²) in [5, 5.41) is 0.315. The Morgan fingerprint density at radius 1 is 0.676 bits per heavy atom. The minimum atomic E-state index is -0.619. The highest BCUT2D eigenvalue weighted by Crippen LogP contribution is 2.61. The van der Waals surface area contributed by atoms with E-state index in [4.69, 9.17) is 16.3 Å². The Morgan fingerprint density at radius 2 is 1.19 bits per heavy atom. The predicted octanol–water partition coefficient (Wildman–Crippen LogP) is 5.96. The molecule has 0 radical (unpaired) electrons. The molecule has 1 saturated heterocycles. The van der Waals surface area contributed by atoms with E-state index in [-0.39, 0.29) is 35.0 Å². The van der Waals surface area contributed by atoms with Crippen molar-refractivity contribution in [2.45, 2.75) is 11.8 Å². The van der Waals surface area contributed by atoms with Gasteiger partial charge in [0.25, 0.3) is 0 Å². The molecule has 4 aromatic rings. The maximum atomic E-state index is 13.9. The molecule has 0 N–H and O–H groups in total. The lowest BCUT2D eigenvalue weighted by molar-refractivity contribution is -0.122. The van der Waals surface area contributed by atoms with E-state index in [2.05, 4.69) is 24.3 Å². The van der Waals surface area contributed by atoms with Crippen LogP contribution >= 0.6 is 11.6 Å². The summed E-state index contributed by atoms with van der Waals surface area (Å²) < 4.78 is 5.47. The third-order valence-corrected chi connectivity index (χ3v) is 8.14. The lowest BCUT2D eigenvalue weighted by atomic mass is 9.55. The van der Waals surface area contributed by atoms with E-state index < -0.39 is 17.8 Å². The van der Waals surface area contributed by atoms with Crippen LogP contribution in [0.1, 0.15) is 44.4 Å². The van der Waals surface area contributed by atoms with Crippen LogP contribution in [-0.2, 0) is 9.59 Å². The minimum absolute atomic E-state index is 0.183. The van der Waals surface area contributed by atoms with Crippen LogP contribution in [0.15, 0.2) is 97.1 Å². The summed E-state index contributed by atoms with van der Waals surface area (Å²) >= 11 is 6.13. The van der Waals surface area contributed by atoms with Gasteiger partial charge in [-0.1, -0.05) is 78.3 Å². The molecule has 1 heterocycles. The number of imide groups is 1. The van der Waals surface area contributed by atoms with Gasteiger partial charge >= 0.3 is 5.97 Å². The van der Waals surface area contributed by atoms with E-state index in [9.17, 15) is 14.4 Å². The van der Waals surface area contributed by atoms with Gasteiger partial charge in [0.1, 0.15) is 5.75 Å². The average Bonchev–Trinajstić information content (AvgIpc) is 3.20. The molecule has 2 bridgehead atoms. The molecule has 0 saturated carbocycles. The van der Waals surface area contributed by atoms with Crippen LogP contribution in [-0.4, -0.2) is 17.8 Å². The number of para-hydroxylation sites is 1. The number of halogens is 1. The number of ether oxygens (including phenoxy) is 1. The van der Waals surface area contributed by atoms with Crippen molar-refractivity contribution in [3.05, 3.63) is 130 Å². The largest absolute Gasteiger partial charge is 0.421 e. The molecule has 4 aromatic carbocycles. The van der Waals surface area contributed by atoms with Gasteiger partial charge in [0.05, 0.1) is 28.1 Å². The fourth-order valence-electron chi connectivity index (χ4n) is 6.39. The van der Waals surface area contributed by atoms with Gasteiger partial charge in [-0.25, -0.2) is 9.69 Å². The topological polar surface area (TPSA) is 63.7 Å². The molecule has 5 nitrogen and oxygen atoms in total. The molecule has 2 atom stereocenters. The zero-order valence-corrected chi connectivity index (χ0v) is 20.3. The number of hydrogen-bond donors (Lipinski definition) is 0. The van der Waals surface area contributed by atoms with Crippen molar-refractivity contribution in [2.75, 3.05) is 4.90 Å². The first-order valence-electron chi connectivity index (χ1n) is 12.2. The quantitative estimate of drug-likeness (QED) is 0.196. The fourth-order valence-corrected chi connectivity index (χ4v) is 6.56. The molecule has 8 rings (SSSR count). The second kappa shape index (κ2) is 8.15. The standard InChI is InChI=1S/C31H20ClNO4/c32-23-14-5-6-15-24(23)37-31(36)17-8-7-9-18(16-17)33-29(34)27-25-19-10-1-2-11-20(19)26(28(27)30(33)35)22-13-4-3-12-21(22)25/h1-16,25-28H. The third-order valence-electron chi connectivity index (χ3n) is 7.83. The molecule has 2 unspecified atom stereocenters. The van der Waals surface area contributed by atoms with Gasteiger partial charge in [-0.15, -0.1) is 0 Å². The summed E-state index contributed by atoms with van der Waals surface area (Å²) in [7, 11) is 0. The lowest BCUT2D eigenvalue weighted by Gasteiger charge is -2.45. The normalized spacial score (nSPS) is 22.9. The van der Waals surface area contributed by atoms with E-state index in [1.807, 2.05) is 24.3 Å². The number of benzene rings is 4. The molecular formula is C31H20ClNO4. The number of rotatable bonds is 3. The van der Waals surface area contributed by atoms with Crippen LogP contribution in [0.25, 0.3) is 0 Å². The monoisotopic (exact) mass is 505 g/mol. The number of hydrogen-bond acceptors (Lipinski definition) is 4. The Kier molecular flexibility index (Phi) is 4.85. The zero-order valence-electron chi connectivity index (χ0n) is 19.5. The maximum Gasteiger partial charge on any atom is 0.343 e. The fraction of sp³-hybridized carbons (Fsp3) is 0.129. The number of carbonyl (C=O) groups excluding carboxylic acids is 3. The molecule has 0 spiro atoms. The summed E-state index contributed by atoms with van der Waals surface area (Å²) in [6.45, 7) is 0. The molecule has 2 amide bonds. The first-order chi connectivity index (χ1) is 18.0. The predicted molar refractivity (Wildman–Crippen MR) is 139 cm³/mol. The number of amides is 2. The van der Waals surface area contributed by atoms with Crippen LogP contribution < -0.4 is 9.64 Å². The Labute approximate surface area is 218 Å². The molecule has 3 aliphatic carbocycles.